The van der Waals surface area contributed by atoms with Crippen molar-refractivity contribution in [3.8, 4) is 0 Å². The maximum Gasteiger partial charge on any atom is 0.264 e. The number of hydrogen-bond donors (Lipinski definition) is 1. The average molecular weight is 550 g/mol. The van der Waals surface area contributed by atoms with E-state index in [1.165, 1.54) is 17.0 Å². The van der Waals surface area contributed by atoms with E-state index in [1.807, 2.05) is 71.9 Å². The molecule has 1 N–H and O–H groups in total. The van der Waals surface area contributed by atoms with Crippen LogP contribution in [0.5, 0.6) is 0 Å². The molecule has 3 rings (SSSR count). The number of nitrogens with one attached hydrogen (secondary N) is 1. The van der Waals surface area contributed by atoms with Crippen LogP contribution in [0, 0.1) is 13.8 Å². The Morgan fingerprint density at radius 2 is 1.54 bits per heavy atom. The molecule has 0 saturated heterocycles. The van der Waals surface area contributed by atoms with Crippen LogP contribution in [-0.2, 0) is 26.2 Å². The number of rotatable bonds is 10. The first-order chi connectivity index (χ1) is 18.3. The Hall–Kier alpha value is -3.65. The van der Waals surface area contributed by atoms with Crippen molar-refractivity contribution in [1.29, 1.82) is 0 Å². The molecule has 208 valence electrons. The quantitative estimate of drug-likeness (QED) is 0.376. The minimum absolute atomic E-state index is 0.0854. The van der Waals surface area contributed by atoms with Gasteiger partial charge in [-0.15, -0.1) is 0 Å². The van der Waals surface area contributed by atoms with Gasteiger partial charge in [-0.3, -0.25) is 13.9 Å². The average Bonchev–Trinajstić information content (AvgIpc) is 2.87. The van der Waals surface area contributed by atoms with Crippen molar-refractivity contribution in [2.24, 2.45) is 0 Å². The molecule has 0 radical (unpaired) electrons. The SMILES string of the molecule is CC[C@H](C(=O)NC(C)(C)C)N(Cc1ccccc1C)C(=O)CN(c1cccc(C)c1)S(=O)(=O)c1ccccc1. The van der Waals surface area contributed by atoms with E-state index in [2.05, 4.69) is 5.32 Å². The molecule has 1 atom stereocenters. The molecule has 0 aliphatic carbocycles. The van der Waals surface area contributed by atoms with E-state index in [4.69, 9.17) is 0 Å². The zero-order valence-electron chi connectivity index (χ0n) is 23.6. The summed E-state index contributed by atoms with van der Waals surface area (Å²) < 4.78 is 28.8. The van der Waals surface area contributed by atoms with E-state index < -0.39 is 34.1 Å². The number of sulfonamides is 1. The number of benzene rings is 3. The summed E-state index contributed by atoms with van der Waals surface area (Å²) in [4.78, 5) is 29.1. The Labute approximate surface area is 232 Å². The van der Waals surface area contributed by atoms with Crippen molar-refractivity contribution >= 4 is 27.5 Å². The first-order valence-electron chi connectivity index (χ1n) is 13.1. The highest BCUT2D eigenvalue weighted by Gasteiger charge is 2.34. The number of amides is 2. The summed E-state index contributed by atoms with van der Waals surface area (Å²) in [6, 6.07) is 22.0. The van der Waals surface area contributed by atoms with Crippen molar-refractivity contribution in [3.05, 3.63) is 95.6 Å². The van der Waals surface area contributed by atoms with E-state index in [0.717, 1.165) is 21.0 Å². The van der Waals surface area contributed by atoms with Crippen LogP contribution in [0.4, 0.5) is 5.69 Å². The van der Waals surface area contributed by atoms with Crippen molar-refractivity contribution in [2.75, 3.05) is 10.8 Å². The van der Waals surface area contributed by atoms with Crippen LogP contribution < -0.4 is 9.62 Å². The van der Waals surface area contributed by atoms with Crippen molar-refractivity contribution < 1.29 is 18.0 Å². The molecule has 3 aromatic carbocycles. The third-order valence-corrected chi connectivity index (χ3v) is 8.17. The lowest BCUT2D eigenvalue weighted by Crippen LogP contribution is -2.55. The molecule has 2 amide bonds. The Morgan fingerprint density at radius 1 is 0.897 bits per heavy atom. The molecule has 39 heavy (non-hydrogen) atoms. The summed E-state index contributed by atoms with van der Waals surface area (Å²) >= 11 is 0. The smallest absolute Gasteiger partial charge is 0.264 e. The Balaban J connectivity index is 2.08. The normalized spacial score (nSPS) is 12.5. The molecule has 7 nitrogen and oxygen atoms in total. The van der Waals surface area contributed by atoms with E-state index in [9.17, 15) is 18.0 Å². The van der Waals surface area contributed by atoms with Gasteiger partial charge in [0.2, 0.25) is 11.8 Å². The Kier molecular flexibility index (Phi) is 9.56. The van der Waals surface area contributed by atoms with E-state index >= 15 is 0 Å². The summed E-state index contributed by atoms with van der Waals surface area (Å²) in [5.41, 5.74) is 2.62. The second kappa shape index (κ2) is 12.5. The van der Waals surface area contributed by atoms with Gasteiger partial charge in [0.1, 0.15) is 12.6 Å². The van der Waals surface area contributed by atoms with Gasteiger partial charge in [-0.25, -0.2) is 8.42 Å². The third kappa shape index (κ3) is 7.69. The van der Waals surface area contributed by atoms with Gasteiger partial charge in [0.05, 0.1) is 10.6 Å². The van der Waals surface area contributed by atoms with Crippen molar-refractivity contribution in [1.82, 2.24) is 10.2 Å². The number of carbonyl (C=O) groups is 2. The Morgan fingerprint density at radius 3 is 2.13 bits per heavy atom. The van der Waals surface area contributed by atoms with Gasteiger partial charge >= 0.3 is 0 Å². The molecular formula is C31H39N3O4S. The monoisotopic (exact) mass is 549 g/mol. The van der Waals surface area contributed by atoms with E-state index in [1.54, 1.807) is 36.4 Å². The van der Waals surface area contributed by atoms with Gasteiger partial charge in [0, 0.05) is 12.1 Å². The molecular weight excluding hydrogens is 510 g/mol. The van der Waals surface area contributed by atoms with E-state index in [0.29, 0.717) is 12.1 Å². The van der Waals surface area contributed by atoms with Crippen molar-refractivity contribution in [2.45, 2.75) is 71.0 Å². The Bertz CT molecular complexity index is 1400. The van der Waals surface area contributed by atoms with Crippen LogP contribution in [0.1, 0.15) is 50.8 Å². The fraction of sp³-hybridized carbons (Fsp3) is 0.355. The van der Waals surface area contributed by atoms with Crippen LogP contribution in [0.15, 0.2) is 83.8 Å². The molecule has 0 heterocycles. The zero-order valence-corrected chi connectivity index (χ0v) is 24.5. The molecule has 0 aromatic heterocycles. The summed E-state index contributed by atoms with van der Waals surface area (Å²) in [7, 11) is -4.08. The number of nitrogens with zero attached hydrogens (tertiary/aromatic N) is 2. The minimum Gasteiger partial charge on any atom is -0.350 e. The second-order valence-corrected chi connectivity index (χ2v) is 12.6. The van der Waals surface area contributed by atoms with Crippen LogP contribution in [-0.4, -0.2) is 43.3 Å². The fourth-order valence-electron chi connectivity index (χ4n) is 4.37. The maximum atomic E-state index is 14.1. The molecule has 0 unspecified atom stereocenters. The molecule has 0 bridgehead atoms. The molecule has 0 fully saturated rings. The predicted molar refractivity (Wildman–Crippen MR) is 156 cm³/mol. The summed E-state index contributed by atoms with van der Waals surface area (Å²) in [5, 5.41) is 2.99. The first-order valence-corrected chi connectivity index (χ1v) is 14.6. The molecule has 0 saturated carbocycles. The topological polar surface area (TPSA) is 86.8 Å². The summed E-state index contributed by atoms with van der Waals surface area (Å²) in [5.74, 6) is -0.741. The van der Waals surface area contributed by atoms with E-state index in [-0.39, 0.29) is 17.3 Å². The van der Waals surface area contributed by atoms with Gasteiger partial charge < -0.3 is 10.2 Å². The lowest BCUT2D eigenvalue weighted by Gasteiger charge is -2.35. The van der Waals surface area contributed by atoms with Crippen LogP contribution in [0.25, 0.3) is 0 Å². The number of hydrogen-bond acceptors (Lipinski definition) is 4. The molecule has 3 aromatic rings. The lowest BCUT2D eigenvalue weighted by atomic mass is 10.0. The van der Waals surface area contributed by atoms with Gasteiger partial charge in [0.15, 0.2) is 0 Å². The second-order valence-electron chi connectivity index (χ2n) is 10.8. The van der Waals surface area contributed by atoms with Gasteiger partial charge in [0.25, 0.3) is 10.0 Å². The van der Waals surface area contributed by atoms with Crippen LogP contribution >= 0.6 is 0 Å². The standard InChI is InChI=1S/C31H39N3O4S/c1-7-28(30(36)32-31(4,5)6)33(21-25-16-12-11-15-24(25)3)29(35)22-34(26-17-13-14-23(2)20-26)39(37,38)27-18-9-8-10-19-27/h8-20,28H,7,21-22H2,1-6H3,(H,32,36)/t28-/m1/s1. The molecule has 0 aliphatic rings. The highest BCUT2D eigenvalue weighted by atomic mass is 32.2. The highest BCUT2D eigenvalue weighted by molar-refractivity contribution is 7.92. The van der Waals surface area contributed by atoms with Gasteiger partial charge in [-0.1, -0.05) is 61.5 Å². The molecule has 0 spiro atoms. The zero-order chi connectivity index (χ0) is 28.8. The maximum absolute atomic E-state index is 14.1. The summed E-state index contributed by atoms with van der Waals surface area (Å²) in [6.45, 7) is 11.1. The highest BCUT2D eigenvalue weighted by Crippen LogP contribution is 2.26. The number of carbonyl (C=O) groups excluding carboxylic acids is 2. The predicted octanol–water partition coefficient (Wildman–Crippen LogP) is 5.22. The third-order valence-electron chi connectivity index (χ3n) is 6.39. The van der Waals surface area contributed by atoms with Crippen LogP contribution in [0.3, 0.4) is 0 Å². The first kappa shape index (κ1) is 29.9. The largest absolute Gasteiger partial charge is 0.350 e. The number of aryl methyl sites for hydroxylation is 2. The summed E-state index contributed by atoms with van der Waals surface area (Å²) in [6.07, 6.45) is 0.370. The fourth-order valence-corrected chi connectivity index (χ4v) is 5.80. The van der Waals surface area contributed by atoms with Crippen LogP contribution in [0.2, 0.25) is 0 Å². The number of anilines is 1. The van der Waals surface area contributed by atoms with Crippen molar-refractivity contribution in [3.63, 3.8) is 0 Å². The minimum atomic E-state index is -4.08. The lowest BCUT2D eigenvalue weighted by molar-refractivity contribution is -0.141. The molecule has 8 heteroatoms. The van der Waals surface area contributed by atoms with Gasteiger partial charge in [-0.05, 0) is 82.0 Å². The van der Waals surface area contributed by atoms with Gasteiger partial charge in [-0.2, -0.15) is 0 Å². The molecule has 0 aliphatic heterocycles.